The van der Waals surface area contributed by atoms with Crippen molar-refractivity contribution in [2.24, 2.45) is 0 Å². The summed E-state index contributed by atoms with van der Waals surface area (Å²) in [6, 6.07) is 12.9. The number of hydrogen-bond donors (Lipinski definition) is 2. The Morgan fingerprint density at radius 3 is 2.27 bits per heavy atom. The van der Waals surface area contributed by atoms with E-state index in [2.05, 4.69) is 47.6 Å². The Hall–Kier alpha value is -2.33. The highest BCUT2D eigenvalue weighted by atomic mass is 79.9. The Kier molecular flexibility index (Phi) is 5.63. The van der Waals surface area contributed by atoms with Crippen molar-refractivity contribution in [1.29, 1.82) is 0 Å². The molecule has 30 heavy (non-hydrogen) atoms. The van der Waals surface area contributed by atoms with Crippen molar-refractivity contribution in [1.82, 2.24) is 9.78 Å². The molecule has 0 fully saturated rings. The zero-order valence-corrected chi connectivity index (χ0v) is 18.4. The molecule has 2 N–H and O–H groups in total. The van der Waals surface area contributed by atoms with E-state index < -0.39 is 24.2 Å². The highest BCUT2D eigenvalue weighted by Gasteiger charge is 2.46. The molecule has 0 unspecified atom stereocenters. The number of nitrogens with zero attached hydrogens (tertiary/aromatic N) is 2. The first kappa shape index (κ1) is 20.9. The minimum Gasteiger partial charge on any atom is -0.363 e. The number of nitrogens with one attached hydrogen (secondary N) is 2. The molecule has 0 saturated heterocycles. The van der Waals surface area contributed by atoms with Gasteiger partial charge in [-0.3, -0.25) is 4.79 Å². The number of benzene rings is 2. The number of amides is 1. The summed E-state index contributed by atoms with van der Waals surface area (Å²) in [6.07, 6.45) is -4.73. The summed E-state index contributed by atoms with van der Waals surface area (Å²) in [5.74, 6) is -0.431. The molecule has 1 aliphatic heterocycles. The minimum absolute atomic E-state index is 0.0916. The lowest BCUT2D eigenvalue weighted by Crippen LogP contribution is -2.35. The van der Waals surface area contributed by atoms with Gasteiger partial charge in [-0.2, -0.15) is 18.3 Å². The van der Waals surface area contributed by atoms with E-state index in [1.54, 1.807) is 48.5 Å². The molecule has 0 aliphatic carbocycles. The maximum Gasteiger partial charge on any atom is 0.410 e. The van der Waals surface area contributed by atoms with Crippen LogP contribution in [0.1, 0.15) is 34.6 Å². The van der Waals surface area contributed by atoms with Crippen molar-refractivity contribution in [3.8, 4) is 0 Å². The number of aromatic nitrogens is 2. The number of anilines is 2. The Morgan fingerprint density at radius 2 is 1.67 bits per heavy atom. The molecule has 2 aromatic carbocycles. The van der Waals surface area contributed by atoms with E-state index in [1.807, 2.05) is 0 Å². The maximum atomic E-state index is 13.8. The van der Waals surface area contributed by atoms with Gasteiger partial charge in [-0.05, 0) is 42.0 Å². The van der Waals surface area contributed by atoms with Gasteiger partial charge in [0.2, 0.25) is 0 Å². The highest BCUT2D eigenvalue weighted by molar-refractivity contribution is 9.10. The molecular weight excluding hydrogens is 529 g/mol. The molecule has 3 aromatic rings. The molecule has 1 aliphatic rings. The highest BCUT2D eigenvalue weighted by Crippen LogP contribution is 2.43. The fourth-order valence-electron chi connectivity index (χ4n) is 3.33. The lowest BCUT2D eigenvalue weighted by molar-refractivity contribution is -0.173. The predicted octanol–water partition coefficient (Wildman–Crippen LogP) is 6.32. The van der Waals surface area contributed by atoms with Crippen LogP contribution in [0.15, 0.2) is 63.5 Å². The zero-order chi connectivity index (χ0) is 21.5. The molecule has 10 heteroatoms. The number of halogens is 5. The number of fused-ring (bicyclic) bond motifs is 1. The summed E-state index contributed by atoms with van der Waals surface area (Å²) >= 11 is 6.63. The van der Waals surface area contributed by atoms with E-state index in [9.17, 15) is 18.0 Å². The van der Waals surface area contributed by atoms with Crippen molar-refractivity contribution >= 4 is 49.3 Å². The van der Waals surface area contributed by atoms with Gasteiger partial charge in [0, 0.05) is 27.1 Å². The van der Waals surface area contributed by atoms with Gasteiger partial charge >= 0.3 is 6.18 Å². The first-order valence-electron chi connectivity index (χ1n) is 8.96. The number of hydrogen-bond acceptors (Lipinski definition) is 3. The lowest BCUT2D eigenvalue weighted by atomic mass is 9.97. The predicted molar refractivity (Wildman–Crippen MR) is 115 cm³/mol. The monoisotopic (exact) mass is 542 g/mol. The van der Waals surface area contributed by atoms with Crippen molar-refractivity contribution in [3.05, 3.63) is 74.8 Å². The molecule has 1 aromatic heterocycles. The smallest absolute Gasteiger partial charge is 0.363 e. The van der Waals surface area contributed by atoms with Gasteiger partial charge in [-0.1, -0.05) is 44.0 Å². The Bertz CT molecular complexity index is 1070. The molecule has 156 valence electrons. The average Bonchev–Trinajstić information content (AvgIpc) is 3.13. The van der Waals surface area contributed by atoms with Crippen LogP contribution in [0.5, 0.6) is 0 Å². The van der Waals surface area contributed by atoms with E-state index >= 15 is 0 Å². The van der Waals surface area contributed by atoms with Crippen molar-refractivity contribution in [3.63, 3.8) is 0 Å². The SMILES string of the molecule is O=C(Nc1ccc(Br)cc1)c1cc2n(n1)[C@H](C(F)(F)F)C[C@@H](c1ccc(Br)cc1)N2. The van der Waals surface area contributed by atoms with Crippen molar-refractivity contribution in [2.75, 3.05) is 10.6 Å². The van der Waals surface area contributed by atoms with E-state index in [-0.39, 0.29) is 17.9 Å². The average molecular weight is 544 g/mol. The first-order chi connectivity index (χ1) is 14.2. The second kappa shape index (κ2) is 8.07. The zero-order valence-electron chi connectivity index (χ0n) is 15.3. The fourth-order valence-corrected chi connectivity index (χ4v) is 3.86. The molecule has 2 heterocycles. The summed E-state index contributed by atoms with van der Waals surface area (Å²) in [5.41, 5.74) is 1.15. The largest absolute Gasteiger partial charge is 0.410 e. The molecule has 0 spiro atoms. The summed E-state index contributed by atoms with van der Waals surface area (Å²) < 4.78 is 43.8. The molecule has 4 rings (SSSR count). The van der Waals surface area contributed by atoms with Crippen LogP contribution in [0, 0.1) is 0 Å². The molecular formula is C20H15Br2F3N4O. The number of carbonyl (C=O) groups is 1. The van der Waals surface area contributed by atoms with E-state index in [0.717, 1.165) is 19.2 Å². The van der Waals surface area contributed by atoms with Crippen LogP contribution in [-0.4, -0.2) is 21.9 Å². The van der Waals surface area contributed by atoms with Crippen LogP contribution >= 0.6 is 31.9 Å². The minimum atomic E-state index is -4.50. The van der Waals surface area contributed by atoms with Crippen LogP contribution in [0.4, 0.5) is 24.7 Å². The van der Waals surface area contributed by atoms with Gasteiger partial charge in [-0.25, -0.2) is 4.68 Å². The number of alkyl halides is 3. The molecule has 5 nitrogen and oxygen atoms in total. The number of rotatable bonds is 3. The third-order valence-corrected chi connectivity index (χ3v) is 5.85. The van der Waals surface area contributed by atoms with Gasteiger partial charge < -0.3 is 10.6 Å². The molecule has 2 atom stereocenters. The van der Waals surface area contributed by atoms with Crippen LogP contribution in [0.3, 0.4) is 0 Å². The van der Waals surface area contributed by atoms with E-state index in [1.165, 1.54) is 6.07 Å². The van der Waals surface area contributed by atoms with Gasteiger partial charge in [0.05, 0.1) is 6.04 Å². The van der Waals surface area contributed by atoms with E-state index in [0.29, 0.717) is 5.69 Å². The van der Waals surface area contributed by atoms with Crippen LogP contribution < -0.4 is 10.6 Å². The lowest BCUT2D eigenvalue weighted by Gasteiger charge is -2.33. The quantitative estimate of drug-likeness (QED) is 0.406. The Labute approximate surface area is 186 Å². The Morgan fingerprint density at radius 1 is 1.07 bits per heavy atom. The Balaban J connectivity index is 1.63. The van der Waals surface area contributed by atoms with Crippen molar-refractivity contribution < 1.29 is 18.0 Å². The molecule has 0 saturated carbocycles. The number of carbonyl (C=O) groups excluding carboxylic acids is 1. The third-order valence-electron chi connectivity index (χ3n) is 4.80. The summed E-state index contributed by atoms with van der Waals surface area (Å²) in [5, 5.41) is 9.69. The second-order valence-electron chi connectivity index (χ2n) is 6.86. The fraction of sp³-hybridized carbons (Fsp3) is 0.200. The van der Waals surface area contributed by atoms with Gasteiger partial charge in [0.15, 0.2) is 11.7 Å². The molecule has 1 amide bonds. The van der Waals surface area contributed by atoms with E-state index in [4.69, 9.17) is 0 Å². The second-order valence-corrected chi connectivity index (χ2v) is 8.69. The summed E-state index contributed by atoms with van der Waals surface area (Å²) in [4.78, 5) is 12.5. The standard InChI is InChI=1S/C20H15Br2F3N4O/c21-12-3-1-11(2-4-12)15-9-17(20(23,24)25)29-18(27-15)10-16(28-29)19(30)26-14-7-5-13(22)6-8-14/h1-8,10,15,17,27H,9H2,(H,26,30)/t15-,17-/m0/s1. The van der Waals surface area contributed by atoms with Gasteiger partial charge in [0.1, 0.15) is 5.82 Å². The topological polar surface area (TPSA) is 59.0 Å². The van der Waals surface area contributed by atoms with Crippen LogP contribution in [0.2, 0.25) is 0 Å². The van der Waals surface area contributed by atoms with Crippen LogP contribution in [-0.2, 0) is 0 Å². The molecule has 0 bridgehead atoms. The maximum absolute atomic E-state index is 13.8. The third kappa shape index (κ3) is 4.39. The van der Waals surface area contributed by atoms with Gasteiger partial charge in [0.25, 0.3) is 5.91 Å². The first-order valence-corrected chi connectivity index (χ1v) is 10.5. The molecule has 0 radical (unpaired) electrons. The summed E-state index contributed by atoms with van der Waals surface area (Å²) in [7, 11) is 0. The van der Waals surface area contributed by atoms with Crippen molar-refractivity contribution in [2.45, 2.75) is 24.7 Å². The van der Waals surface area contributed by atoms with Gasteiger partial charge in [-0.15, -0.1) is 0 Å². The normalized spacial score (nSPS) is 18.4. The summed E-state index contributed by atoms with van der Waals surface area (Å²) in [6.45, 7) is 0. The van der Waals surface area contributed by atoms with Crippen LogP contribution in [0.25, 0.3) is 0 Å².